The lowest BCUT2D eigenvalue weighted by Crippen LogP contribution is -2.11. The van der Waals surface area contributed by atoms with Gasteiger partial charge in [0.25, 0.3) is 5.91 Å². The molecule has 0 unspecified atom stereocenters. The predicted molar refractivity (Wildman–Crippen MR) is 90.0 cm³/mol. The third-order valence-electron chi connectivity index (χ3n) is 3.20. The molecule has 0 radical (unpaired) electrons. The normalized spacial score (nSPS) is 10.8. The van der Waals surface area contributed by atoms with Gasteiger partial charge in [-0.3, -0.25) is 4.79 Å². The van der Waals surface area contributed by atoms with E-state index in [-0.39, 0.29) is 11.7 Å². The van der Waals surface area contributed by atoms with Crippen molar-refractivity contribution in [3.63, 3.8) is 0 Å². The number of methoxy groups -OCH3 is 1. The van der Waals surface area contributed by atoms with Crippen molar-refractivity contribution < 1.29 is 23.4 Å². The fraction of sp³-hybridized carbons (Fsp3) is 0.389. The molecule has 1 aromatic heterocycles. The molecule has 0 aliphatic rings. The molecule has 2 aromatic rings. The number of hydrogen-bond acceptors (Lipinski definition) is 5. The van der Waals surface area contributed by atoms with E-state index in [0.717, 1.165) is 5.56 Å². The Morgan fingerprint density at radius 1 is 1.12 bits per heavy atom. The number of benzene rings is 1. The molecule has 0 spiro atoms. The summed E-state index contributed by atoms with van der Waals surface area (Å²) in [5.41, 5.74) is 1.67. The van der Waals surface area contributed by atoms with Crippen LogP contribution >= 0.6 is 0 Å². The first-order valence-electron chi connectivity index (χ1n) is 7.86. The molecule has 130 valence electrons. The molecule has 2 rings (SSSR count). The fourth-order valence-electron chi connectivity index (χ4n) is 2.10. The summed E-state index contributed by atoms with van der Waals surface area (Å²) in [6.07, 6.45) is 0. The number of rotatable bonds is 10. The van der Waals surface area contributed by atoms with E-state index in [4.69, 9.17) is 18.6 Å². The van der Waals surface area contributed by atoms with Gasteiger partial charge in [0.15, 0.2) is 5.76 Å². The molecule has 6 heteroatoms. The Morgan fingerprint density at radius 2 is 1.96 bits per heavy atom. The van der Waals surface area contributed by atoms with Crippen LogP contribution in [0, 0.1) is 0 Å². The van der Waals surface area contributed by atoms with Crippen LogP contribution < -0.4 is 5.32 Å². The first-order chi connectivity index (χ1) is 11.7. The maximum atomic E-state index is 12.2. The monoisotopic (exact) mass is 333 g/mol. The van der Waals surface area contributed by atoms with E-state index in [1.807, 2.05) is 31.2 Å². The summed E-state index contributed by atoms with van der Waals surface area (Å²) in [6, 6.07) is 10.9. The van der Waals surface area contributed by atoms with Gasteiger partial charge in [-0.1, -0.05) is 12.1 Å². The van der Waals surface area contributed by atoms with Crippen molar-refractivity contribution in [3.8, 4) is 0 Å². The average Bonchev–Trinajstić information content (AvgIpc) is 3.04. The van der Waals surface area contributed by atoms with E-state index in [2.05, 4.69) is 5.32 Å². The fourth-order valence-corrected chi connectivity index (χ4v) is 2.10. The first kappa shape index (κ1) is 18.2. The first-order valence-corrected chi connectivity index (χ1v) is 7.86. The lowest BCUT2D eigenvalue weighted by atomic mass is 10.2. The number of carbonyl (C=O) groups excluding carboxylic acids is 1. The summed E-state index contributed by atoms with van der Waals surface area (Å²) in [4.78, 5) is 12.2. The van der Waals surface area contributed by atoms with Crippen molar-refractivity contribution in [2.24, 2.45) is 0 Å². The summed E-state index contributed by atoms with van der Waals surface area (Å²) in [5.74, 6) is 0.561. The topological polar surface area (TPSA) is 69.9 Å². The standard InChI is InChI=1S/C18H23NO5/c1-3-22-9-10-23-12-14-5-4-6-15(11-14)19-18(20)17-8-7-16(24-17)13-21-2/h4-8,11H,3,9-10,12-13H2,1-2H3,(H,19,20). The third kappa shape index (κ3) is 5.81. The molecule has 0 atom stereocenters. The van der Waals surface area contributed by atoms with Crippen LogP contribution in [0.15, 0.2) is 40.8 Å². The SMILES string of the molecule is CCOCCOCc1cccc(NC(=O)c2ccc(COC)o2)c1. The van der Waals surface area contributed by atoms with Crippen LogP contribution in [-0.4, -0.2) is 32.8 Å². The minimum Gasteiger partial charge on any atom is -0.453 e. The highest BCUT2D eigenvalue weighted by Crippen LogP contribution is 2.15. The lowest BCUT2D eigenvalue weighted by molar-refractivity contribution is 0.0453. The van der Waals surface area contributed by atoms with Crippen LogP contribution in [0.25, 0.3) is 0 Å². The number of anilines is 1. The van der Waals surface area contributed by atoms with Gasteiger partial charge in [-0.15, -0.1) is 0 Å². The number of hydrogen-bond donors (Lipinski definition) is 1. The van der Waals surface area contributed by atoms with E-state index in [1.165, 1.54) is 0 Å². The summed E-state index contributed by atoms with van der Waals surface area (Å²) in [5, 5.41) is 2.81. The van der Waals surface area contributed by atoms with E-state index < -0.39 is 0 Å². The van der Waals surface area contributed by atoms with Gasteiger partial charge in [-0.05, 0) is 36.8 Å². The van der Waals surface area contributed by atoms with Crippen LogP contribution in [0.4, 0.5) is 5.69 Å². The van der Waals surface area contributed by atoms with Crippen LogP contribution in [0.3, 0.4) is 0 Å². The minimum absolute atomic E-state index is 0.250. The Kier molecular flexibility index (Phi) is 7.48. The van der Waals surface area contributed by atoms with E-state index in [1.54, 1.807) is 19.2 Å². The molecule has 0 bridgehead atoms. The smallest absolute Gasteiger partial charge is 0.291 e. The summed E-state index contributed by atoms with van der Waals surface area (Å²) in [7, 11) is 1.57. The lowest BCUT2D eigenvalue weighted by Gasteiger charge is -2.07. The summed E-state index contributed by atoms with van der Waals surface area (Å²) in [6.45, 7) is 4.55. The third-order valence-corrected chi connectivity index (χ3v) is 3.20. The molecular formula is C18H23NO5. The molecule has 1 amide bonds. The molecular weight excluding hydrogens is 310 g/mol. The van der Waals surface area contributed by atoms with Gasteiger partial charge in [0, 0.05) is 19.4 Å². The zero-order chi connectivity index (χ0) is 17.2. The highest BCUT2D eigenvalue weighted by Gasteiger charge is 2.11. The summed E-state index contributed by atoms with van der Waals surface area (Å²) < 4.78 is 21.1. The van der Waals surface area contributed by atoms with Crippen LogP contribution in [0.1, 0.15) is 28.8 Å². The van der Waals surface area contributed by atoms with Gasteiger partial charge in [-0.25, -0.2) is 0 Å². The average molecular weight is 333 g/mol. The highest BCUT2D eigenvalue weighted by molar-refractivity contribution is 6.02. The van der Waals surface area contributed by atoms with E-state index in [9.17, 15) is 4.79 Å². The Balaban J connectivity index is 1.87. The maximum absolute atomic E-state index is 12.2. The van der Waals surface area contributed by atoms with Gasteiger partial charge in [0.2, 0.25) is 0 Å². The largest absolute Gasteiger partial charge is 0.453 e. The van der Waals surface area contributed by atoms with Gasteiger partial charge in [0.05, 0.1) is 19.8 Å². The summed E-state index contributed by atoms with van der Waals surface area (Å²) >= 11 is 0. The van der Waals surface area contributed by atoms with E-state index >= 15 is 0 Å². The second-order valence-electron chi connectivity index (χ2n) is 5.10. The molecule has 0 saturated heterocycles. The number of carbonyl (C=O) groups is 1. The molecule has 24 heavy (non-hydrogen) atoms. The van der Waals surface area contributed by atoms with Gasteiger partial charge >= 0.3 is 0 Å². The van der Waals surface area contributed by atoms with Crippen molar-refractivity contribution in [2.45, 2.75) is 20.1 Å². The number of ether oxygens (including phenoxy) is 3. The molecule has 6 nitrogen and oxygen atoms in total. The molecule has 0 saturated carbocycles. The van der Waals surface area contributed by atoms with Crippen LogP contribution in [0.5, 0.6) is 0 Å². The minimum atomic E-state index is -0.299. The zero-order valence-electron chi connectivity index (χ0n) is 14.0. The quantitative estimate of drug-likeness (QED) is 0.676. The van der Waals surface area contributed by atoms with Gasteiger partial charge in [0.1, 0.15) is 12.4 Å². The van der Waals surface area contributed by atoms with Crippen molar-refractivity contribution in [1.29, 1.82) is 0 Å². The molecule has 0 fully saturated rings. The van der Waals surface area contributed by atoms with Crippen LogP contribution in [-0.2, 0) is 27.4 Å². The zero-order valence-corrected chi connectivity index (χ0v) is 14.0. The second kappa shape index (κ2) is 9.87. The molecule has 1 N–H and O–H groups in total. The highest BCUT2D eigenvalue weighted by atomic mass is 16.5. The Labute approximate surface area is 141 Å². The molecule has 1 aromatic carbocycles. The van der Waals surface area contributed by atoms with Crippen molar-refractivity contribution in [1.82, 2.24) is 0 Å². The van der Waals surface area contributed by atoms with E-state index in [0.29, 0.717) is 44.5 Å². The Morgan fingerprint density at radius 3 is 2.75 bits per heavy atom. The maximum Gasteiger partial charge on any atom is 0.291 e. The number of nitrogens with one attached hydrogen (secondary N) is 1. The Hall–Kier alpha value is -2.15. The number of furan rings is 1. The Bertz CT molecular complexity index is 638. The molecule has 1 heterocycles. The second-order valence-corrected chi connectivity index (χ2v) is 5.10. The predicted octanol–water partition coefficient (Wildman–Crippen LogP) is 3.23. The van der Waals surface area contributed by atoms with Crippen molar-refractivity contribution in [3.05, 3.63) is 53.5 Å². The van der Waals surface area contributed by atoms with Crippen LogP contribution in [0.2, 0.25) is 0 Å². The van der Waals surface area contributed by atoms with Crippen molar-refractivity contribution >= 4 is 11.6 Å². The van der Waals surface area contributed by atoms with Gasteiger partial charge < -0.3 is 23.9 Å². The van der Waals surface area contributed by atoms with Gasteiger partial charge in [-0.2, -0.15) is 0 Å². The molecule has 0 aliphatic carbocycles. The van der Waals surface area contributed by atoms with Crippen molar-refractivity contribution in [2.75, 3.05) is 32.2 Å². The number of amides is 1. The molecule has 0 aliphatic heterocycles.